The lowest BCUT2D eigenvalue weighted by molar-refractivity contribution is -0.115. The summed E-state index contributed by atoms with van der Waals surface area (Å²) < 4.78 is 5.73. The van der Waals surface area contributed by atoms with Gasteiger partial charge >= 0.3 is 0 Å². The molecule has 0 aliphatic rings. The van der Waals surface area contributed by atoms with Crippen LogP contribution in [0, 0.1) is 0 Å². The summed E-state index contributed by atoms with van der Waals surface area (Å²) >= 11 is 1.33. The first-order chi connectivity index (χ1) is 14.1. The molecule has 0 unspecified atom stereocenters. The molecule has 0 bridgehead atoms. The predicted octanol–water partition coefficient (Wildman–Crippen LogP) is 4.46. The topological polar surface area (TPSA) is 79.8 Å². The van der Waals surface area contributed by atoms with Crippen LogP contribution in [-0.2, 0) is 11.4 Å². The lowest BCUT2D eigenvalue weighted by atomic mass is 10.2. The Morgan fingerprint density at radius 2 is 1.76 bits per heavy atom. The Bertz CT molecular complexity index is 968. The van der Waals surface area contributed by atoms with Crippen molar-refractivity contribution in [2.75, 3.05) is 5.32 Å². The highest BCUT2D eigenvalue weighted by molar-refractivity contribution is 7.12. The molecule has 0 saturated heterocycles. The molecule has 0 aliphatic heterocycles. The van der Waals surface area contributed by atoms with Crippen LogP contribution in [-0.4, -0.2) is 17.5 Å². The van der Waals surface area contributed by atoms with Crippen LogP contribution in [0.5, 0.6) is 5.75 Å². The highest BCUT2D eigenvalue weighted by Crippen LogP contribution is 2.17. The Balaban J connectivity index is 1.45. The maximum atomic E-state index is 12.2. The summed E-state index contributed by atoms with van der Waals surface area (Å²) in [5.41, 5.74) is 4.71. The zero-order valence-electron chi connectivity index (χ0n) is 15.9. The second kappa shape index (κ2) is 10.2. The maximum Gasteiger partial charge on any atom is 0.281 e. The fraction of sp³-hybridized carbons (Fsp3) is 0.136. The maximum absolute atomic E-state index is 12.2. The third-order valence-corrected chi connectivity index (χ3v) is 4.76. The smallest absolute Gasteiger partial charge is 0.281 e. The normalized spacial score (nSPS) is 11.0. The van der Waals surface area contributed by atoms with E-state index in [2.05, 4.69) is 15.8 Å². The standard InChI is InChI=1S/C22H21N3O3S/c1-16(24-25-22(27)20-8-5-13-29-20)14-21(26)23-18-9-11-19(12-10-18)28-15-17-6-3-2-4-7-17/h2-13H,14-15H2,1H3,(H,23,26)(H,25,27)/b24-16-. The van der Waals surface area contributed by atoms with Gasteiger partial charge in [-0.15, -0.1) is 11.3 Å². The Morgan fingerprint density at radius 3 is 2.45 bits per heavy atom. The van der Waals surface area contributed by atoms with E-state index in [0.29, 0.717) is 22.9 Å². The zero-order chi connectivity index (χ0) is 20.5. The van der Waals surface area contributed by atoms with E-state index in [1.807, 2.05) is 35.7 Å². The first kappa shape index (κ1) is 20.3. The number of anilines is 1. The predicted molar refractivity (Wildman–Crippen MR) is 115 cm³/mol. The Hall–Kier alpha value is -3.45. The van der Waals surface area contributed by atoms with Crippen molar-refractivity contribution in [3.05, 3.63) is 82.6 Å². The van der Waals surface area contributed by atoms with E-state index >= 15 is 0 Å². The molecule has 6 nitrogen and oxygen atoms in total. The van der Waals surface area contributed by atoms with Crippen LogP contribution in [0.1, 0.15) is 28.6 Å². The number of carbonyl (C=O) groups is 2. The summed E-state index contributed by atoms with van der Waals surface area (Å²) in [7, 11) is 0. The number of carbonyl (C=O) groups excluding carboxylic acids is 2. The van der Waals surface area contributed by atoms with E-state index in [1.54, 1.807) is 43.3 Å². The van der Waals surface area contributed by atoms with Crippen LogP contribution < -0.4 is 15.5 Å². The molecule has 29 heavy (non-hydrogen) atoms. The van der Waals surface area contributed by atoms with Gasteiger partial charge in [0.1, 0.15) is 12.4 Å². The first-order valence-corrected chi connectivity index (χ1v) is 9.92. The number of hydrazone groups is 1. The average molecular weight is 407 g/mol. The lowest BCUT2D eigenvalue weighted by Gasteiger charge is -2.08. The second-order valence-electron chi connectivity index (χ2n) is 6.29. The quantitative estimate of drug-likeness (QED) is 0.427. The molecule has 2 N–H and O–H groups in total. The molecule has 148 valence electrons. The molecule has 0 radical (unpaired) electrons. The van der Waals surface area contributed by atoms with Crippen molar-refractivity contribution in [2.45, 2.75) is 20.0 Å². The molecule has 0 saturated carbocycles. The van der Waals surface area contributed by atoms with Gasteiger partial charge in [-0.3, -0.25) is 9.59 Å². The number of nitrogens with one attached hydrogen (secondary N) is 2. The Morgan fingerprint density at radius 1 is 1.00 bits per heavy atom. The number of benzene rings is 2. The SMILES string of the molecule is C/C(CC(=O)Nc1ccc(OCc2ccccc2)cc1)=N/NC(=O)c1cccs1. The van der Waals surface area contributed by atoms with Gasteiger partial charge < -0.3 is 10.1 Å². The van der Waals surface area contributed by atoms with Gasteiger partial charge in [0.2, 0.25) is 5.91 Å². The van der Waals surface area contributed by atoms with Crippen molar-refractivity contribution in [2.24, 2.45) is 5.10 Å². The molecule has 2 amide bonds. The van der Waals surface area contributed by atoms with Gasteiger partial charge in [-0.2, -0.15) is 5.10 Å². The third kappa shape index (κ3) is 6.58. The van der Waals surface area contributed by atoms with Gasteiger partial charge in [-0.25, -0.2) is 5.43 Å². The molecule has 2 aromatic carbocycles. The average Bonchev–Trinajstić information content (AvgIpc) is 3.27. The highest BCUT2D eigenvalue weighted by Gasteiger charge is 2.08. The monoisotopic (exact) mass is 407 g/mol. The fourth-order valence-electron chi connectivity index (χ4n) is 2.46. The van der Waals surface area contributed by atoms with Crippen LogP contribution in [0.3, 0.4) is 0 Å². The van der Waals surface area contributed by atoms with Gasteiger partial charge in [-0.1, -0.05) is 36.4 Å². The van der Waals surface area contributed by atoms with Gasteiger partial charge in [0.05, 0.1) is 11.3 Å². The van der Waals surface area contributed by atoms with Gasteiger partial charge in [-0.05, 0) is 48.2 Å². The third-order valence-electron chi connectivity index (χ3n) is 3.90. The number of hydrogen-bond donors (Lipinski definition) is 2. The summed E-state index contributed by atoms with van der Waals surface area (Å²) in [6.45, 7) is 2.17. The van der Waals surface area contributed by atoms with Crippen LogP contribution in [0.2, 0.25) is 0 Å². The van der Waals surface area contributed by atoms with Crippen molar-refractivity contribution in [3.8, 4) is 5.75 Å². The minimum Gasteiger partial charge on any atom is -0.489 e. The summed E-state index contributed by atoms with van der Waals surface area (Å²) in [5.74, 6) is 0.223. The van der Waals surface area contributed by atoms with E-state index in [4.69, 9.17) is 4.74 Å². The number of thiophene rings is 1. The minimum absolute atomic E-state index is 0.0803. The van der Waals surface area contributed by atoms with Crippen molar-refractivity contribution in [3.63, 3.8) is 0 Å². The number of amides is 2. The molecule has 7 heteroatoms. The van der Waals surface area contributed by atoms with Crippen molar-refractivity contribution < 1.29 is 14.3 Å². The van der Waals surface area contributed by atoms with E-state index in [1.165, 1.54) is 11.3 Å². The largest absolute Gasteiger partial charge is 0.489 e. The van der Waals surface area contributed by atoms with E-state index in [-0.39, 0.29) is 18.2 Å². The van der Waals surface area contributed by atoms with Crippen LogP contribution in [0.25, 0.3) is 0 Å². The summed E-state index contributed by atoms with van der Waals surface area (Å²) in [6, 6.07) is 20.6. The lowest BCUT2D eigenvalue weighted by Crippen LogP contribution is -2.20. The molecular weight excluding hydrogens is 386 g/mol. The number of nitrogens with zero attached hydrogens (tertiary/aromatic N) is 1. The van der Waals surface area contributed by atoms with E-state index in [0.717, 1.165) is 11.3 Å². The zero-order valence-corrected chi connectivity index (χ0v) is 16.7. The number of rotatable bonds is 8. The van der Waals surface area contributed by atoms with Crippen LogP contribution in [0.15, 0.2) is 77.2 Å². The second-order valence-corrected chi connectivity index (χ2v) is 7.24. The molecule has 1 heterocycles. The summed E-state index contributed by atoms with van der Waals surface area (Å²) in [6.07, 6.45) is 0.0803. The summed E-state index contributed by atoms with van der Waals surface area (Å²) in [5, 5.41) is 8.59. The first-order valence-electron chi connectivity index (χ1n) is 9.04. The van der Waals surface area contributed by atoms with E-state index < -0.39 is 0 Å². The molecule has 0 atom stereocenters. The van der Waals surface area contributed by atoms with Gasteiger partial charge in [0.25, 0.3) is 5.91 Å². The molecule has 3 rings (SSSR count). The molecule has 0 spiro atoms. The Labute approximate surface area is 173 Å². The molecule has 3 aromatic rings. The molecule has 1 aromatic heterocycles. The summed E-state index contributed by atoms with van der Waals surface area (Å²) in [4.78, 5) is 24.6. The van der Waals surface area contributed by atoms with Gasteiger partial charge in [0, 0.05) is 11.4 Å². The molecule has 0 aliphatic carbocycles. The van der Waals surface area contributed by atoms with Gasteiger partial charge in [0.15, 0.2) is 0 Å². The van der Waals surface area contributed by atoms with Crippen molar-refractivity contribution >= 4 is 34.6 Å². The van der Waals surface area contributed by atoms with Crippen molar-refractivity contribution in [1.29, 1.82) is 0 Å². The van der Waals surface area contributed by atoms with Crippen molar-refractivity contribution in [1.82, 2.24) is 5.43 Å². The highest BCUT2D eigenvalue weighted by atomic mass is 32.1. The molecular formula is C22H21N3O3S. The van der Waals surface area contributed by atoms with Crippen LogP contribution >= 0.6 is 11.3 Å². The minimum atomic E-state index is -0.286. The number of ether oxygens (including phenoxy) is 1. The number of hydrogen-bond acceptors (Lipinski definition) is 5. The fourth-order valence-corrected chi connectivity index (χ4v) is 3.08. The Kier molecular flexibility index (Phi) is 7.13. The van der Waals surface area contributed by atoms with E-state index in [9.17, 15) is 9.59 Å². The molecule has 0 fully saturated rings. The van der Waals surface area contributed by atoms with Crippen LogP contribution in [0.4, 0.5) is 5.69 Å².